The van der Waals surface area contributed by atoms with E-state index in [1.165, 1.54) is 14.2 Å². The number of halogens is 1. The van der Waals surface area contributed by atoms with Gasteiger partial charge in [0.2, 0.25) is 15.9 Å². The van der Waals surface area contributed by atoms with Gasteiger partial charge in [-0.1, -0.05) is 0 Å². The summed E-state index contributed by atoms with van der Waals surface area (Å²) in [6, 6.07) is -1.02. The van der Waals surface area contributed by atoms with Gasteiger partial charge < -0.3 is 15.4 Å². The van der Waals surface area contributed by atoms with Crippen molar-refractivity contribution in [1.29, 1.82) is 0 Å². The smallest absolute Gasteiger partial charge is 0.242 e. The van der Waals surface area contributed by atoms with Crippen molar-refractivity contribution < 1.29 is 17.9 Å². The number of nitrogens with two attached hydrogens (primary N) is 1. The van der Waals surface area contributed by atoms with Crippen LogP contribution in [0.5, 0.6) is 0 Å². The van der Waals surface area contributed by atoms with E-state index in [0.717, 1.165) is 6.42 Å². The maximum atomic E-state index is 12.0. The third-order valence-electron chi connectivity index (χ3n) is 3.05. The number of methoxy groups -OCH3 is 1. The topological polar surface area (TPSA) is 102 Å². The minimum atomic E-state index is -3.32. The van der Waals surface area contributed by atoms with Crippen LogP contribution in [-0.2, 0) is 19.6 Å². The van der Waals surface area contributed by atoms with Crippen molar-refractivity contribution in [2.24, 2.45) is 5.73 Å². The minimum Gasteiger partial charge on any atom is -0.383 e. The molecule has 114 valence electrons. The Labute approximate surface area is 120 Å². The Balaban J connectivity index is 0.00000324. The third kappa shape index (κ3) is 5.23. The van der Waals surface area contributed by atoms with Crippen LogP contribution in [0.2, 0.25) is 0 Å². The van der Waals surface area contributed by atoms with Gasteiger partial charge in [-0.15, -0.1) is 12.4 Å². The molecule has 1 aliphatic rings. The number of rotatable bonds is 6. The van der Waals surface area contributed by atoms with Crippen molar-refractivity contribution in [2.75, 3.05) is 33.1 Å². The maximum Gasteiger partial charge on any atom is 0.242 e. The summed E-state index contributed by atoms with van der Waals surface area (Å²) in [5, 5.41) is 0. The quantitative estimate of drug-likeness (QED) is 0.649. The molecule has 0 aromatic carbocycles. The first-order valence-electron chi connectivity index (χ1n) is 5.87. The number of hydrogen-bond donors (Lipinski definition) is 2. The van der Waals surface area contributed by atoms with E-state index in [9.17, 15) is 13.2 Å². The highest BCUT2D eigenvalue weighted by atomic mass is 35.5. The number of nitrogens with one attached hydrogen (secondary N) is 1. The predicted octanol–water partition coefficient (Wildman–Crippen LogP) is -1.08. The lowest BCUT2D eigenvalue weighted by Gasteiger charge is -2.26. The SMILES string of the molecule is CNS(=O)(=O)CC1CCCN1C(=O)C(N)COC.Cl. The molecule has 1 rings (SSSR count). The zero-order chi connectivity index (χ0) is 13.8. The van der Waals surface area contributed by atoms with Crippen molar-refractivity contribution in [3.8, 4) is 0 Å². The molecular weight excluding hydrogens is 294 g/mol. The Hall–Kier alpha value is -0.410. The Morgan fingerprint density at radius 1 is 1.58 bits per heavy atom. The van der Waals surface area contributed by atoms with Gasteiger partial charge in [0.05, 0.1) is 12.4 Å². The van der Waals surface area contributed by atoms with Gasteiger partial charge >= 0.3 is 0 Å². The van der Waals surface area contributed by atoms with Crippen LogP contribution in [-0.4, -0.2) is 64.4 Å². The number of hydrogen-bond acceptors (Lipinski definition) is 5. The monoisotopic (exact) mass is 315 g/mol. The zero-order valence-electron chi connectivity index (χ0n) is 11.2. The summed E-state index contributed by atoms with van der Waals surface area (Å²) in [6.45, 7) is 0.695. The molecule has 1 saturated heterocycles. The summed E-state index contributed by atoms with van der Waals surface area (Å²) in [6.07, 6.45) is 1.49. The molecule has 1 heterocycles. The number of carbonyl (C=O) groups is 1. The molecule has 0 spiro atoms. The summed E-state index contributed by atoms with van der Waals surface area (Å²) in [5.74, 6) is -0.319. The first kappa shape index (κ1) is 18.6. The lowest BCUT2D eigenvalue weighted by molar-refractivity contribution is -0.134. The number of carbonyl (C=O) groups excluding carboxylic acids is 1. The lowest BCUT2D eigenvalue weighted by Crippen LogP contribution is -2.50. The van der Waals surface area contributed by atoms with Crippen LogP contribution in [0.4, 0.5) is 0 Å². The molecule has 1 aliphatic heterocycles. The average molecular weight is 316 g/mol. The standard InChI is InChI=1S/C10H21N3O4S.ClH/c1-12-18(15,16)7-8-4-3-5-13(8)10(14)9(11)6-17-2;/h8-9,12H,3-7,11H2,1-2H3;1H. The molecule has 0 aromatic rings. The normalized spacial score (nSPS) is 21.0. The van der Waals surface area contributed by atoms with Crippen molar-refractivity contribution in [3.05, 3.63) is 0 Å². The molecular formula is C10H22ClN3O4S. The van der Waals surface area contributed by atoms with E-state index >= 15 is 0 Å². The molecule has 19 heavy (non-hydrogen) atoms. The minimum absolute atomic E-state index is 0. The van der Waals surface area contributed by atoms with Crippen molar-refractivity contribution >= 4 is 28.3 Å². The largest absolute Gasteiger partial charge is 0.383 e. The molecule has 9 heteroatoms. The van der Waals surface area contributed by atoms with Gasteiger partial charge in [0.1, 0.15) is 6.04 Å². The average Bonchev–Trinajstić information content (AvgIpc) is 2.75. The third-order valence-corrected chi connectivity index (χ3v) is 4.49. The fraction of sp³-hybridized carbons (Fsp3) is 0.900. The summed E-state index contributed by atoms with van der Waals surface area (Å²) in [7, 11) is -0.483. The first-order valence-corrected chi connectivity index (χ1v) is 7.52. The van der Waals surface area contributed by atoms with Crippen LogP contribution in [0.25, 0.3) is 0 Å². The van der Waals surface area contributed by atoms with Gasteiger partial charge in [-0.3, -0.25) is 4.79 Å². The van der Waals surface area contributed by atoms with Crippen LogP contribution >= 0.6 is 12.4 Å². The van der Waals surface area contributed by atoms with E-state index in [4.69, 9.17) is 10.5 Å². The Bertz CT molecular complexity index is 390. The molecule has 1 amide bonds. The number of sulfonamides is 1. The van der Waals surface area contributed by atoms with Crippen molar-refractivity contribution in [1.82, 2.24) is 9.62 Å². The number of ether oxygens (including phenoxy) is 1. The summed E-state index contributed by atoms with van der Waals surface area (Å²) < 4.78 is 30.1. The molecule has 0 bridgehead atoms. The Morgan fingerprint density at radius 2 is 2.21 bits per heavy atom. The second-order valence-corrected chi connectivity index (χ2v) is 6.35. The molecule has 0 saturated carbocycles. The fourth-order valence-corrected chi connectivity index (χ4v) is 3.12. The Morgan fingerprint density at radius 3 is 2.74 bits per heavy atom. The molecule has 0 aliphatic carbocycles. The highest BCUT2D eigenvalue weighted by Gasteiger charge is 2.34. The van der Waals surface area contributed by atoms with Crippen LogP contribution in [0.3, 0.4) is 0 Å². The van der Waals surface area contributed by atoms with Gasteiger partial charge in [0.15, 0.2) is 0 Å². The molecule has 7 nitrogen and oxygen atoms in total. The fourth-order valence-electron chi connectivity index (χ4n) is 2.10. The van der Waals surface area contributed by atoms with Crippen LogP contribution < -0.4 is 10.5 Å². The van der Waals surface area contributed by atoms with Gasteiger partial charge in [-0.05, 0) is 19.9 Å². The summed E-state index contributed by atoms with van der Waals surface area (Å²) >= 11 is 0. The van der Waals surface area contributed by atoms with E-state index in [1.807, 2.05) is 0 Å². The first-order chi connectivity index (χ1) is 8.41. The molecule has 0 aromatic heterocycles. The van der Waals surface area contributed by atoms with Crippen LogP contribution in [0, 0.1) is 0 Å². The highest BCUT2D eigenvalue weighted by Crippen LogP contribution is 2.19. The second-order valence-electron chi connectivity index (χ2n) is 4.38. The van der Waals surface area contributed by atoms with Gasteiger partial charge in [0.25, 0.3) is 0 Å². The van der Waals surface area contributed by atoms with E-state index in [0.29, 0.717) is 13.0 Å². The van der Waals surface area contributed by atoms with Crippen LogP contribution in [0.15, 0.2) is 0 Å². The van der Waals surface area contributed by atoms with Crippen LogP contribution in [0.1, 0.15) is 12.8 Å². The van der Waals surface area contributed by atoms with E-state index < -0.39 is 16.1 Å². The molecule has 3 N–H and O–H groups in total. The van der Waals surface area contributed by atoms with Gasteiger partial charge in [-0.25, -0.2) is 13.1 Å². The number of nitrogens with zero attached hydrogens (tertiary/aromatic N) is 1. The summed E-state index contributed by atoms with van der Waals surface area (Å²) in [4.78, 5) is 13.6. The van der Waals surface area contributed by atoms with Crippen molar-refractivity contribution in [2.45, 2.75) is 24.9 Å². The molecule has 0 radical (unpaired) electrons. The van der Waals surface area contributed by atoms with E-state index in [1.54, 1.807) is 4.90 Å². The maximum absolute atomic E-state index is 12.0. The zero-order valence-corrected chi connectivity index (χ0v) is 12.8. The predicted molar refractivity (Wildman–Crippen MR) is 74.7 cm³/mol. The van der Waals surface area contributed by atoms with Gasteiger partial charge in [0, 0.05) is 19.7 Å². The second kappa shape index (κ2) is 8.01. The lowest BCUT2D eigenvalue weighted by atomic mass is 10.2. The van der Waals surface area contributed by atoms with E-state index in [-0.39, 0.29) is 36.7 Å². The van der Waals surface area contributed by atoms with E-state index in [2.05, 4.69) is 4.72 Å². The molecule has 1 fully saturated rings. The Kier molecular flexibility index (Phi) is 7.83. The molecule has 2 atom stereocenters. The van der Waals surface area contributed by atoms with Crippen molar-refractivity contribution in [3.63, 3.8) is 0 Å². The summed E-state index contributed by atoms with van der Waals surface area (Å²) in [5.41, 5.74) is 5.68. The number of likely N-dealkylation sites (tertiary alicyclic amines) is 1. The number of amides is 1. The van der Waals surface area contributed by atoms with Gasteiger partial charge in [-0.2, -0.15) is 0 Å². The highest BCUT2D eigenvalue weighted by molar-refractivity contribution is 7.89. The molecule has 2 unspecified atom stereocenters.